The van der Waals surface area contributed by atoms with E-state index in [0.717, 1.165) is 24.2 Å². The van der Waals surface area contributed by atoms with Gasteiger partial charge in [0, 0.05) is 35.1 Å². The fourth-order valence-electron chi connectivity index (χ4n) is 2.52. The summed E-state index contributed by atoms with van der Waals surface area (Å²) in [5, 5.41) is 7.49. The molecule has 0 unspecified atom stereocenters. The maximum Gasteiger partial charge on any atom is 0.146 e. The van der Waals surface area contributed by atoms with Crippen molar-refractivity contribution in [1.82, 2.24) is 20.3 Å². The second kappa shape index (κ2) is 5.72. The maximum absolute atomic E-state index is 13.9. The number of aromatic nitrogens is 3. The number of nitrogens with one attached hydrogen (secondary N) is 2. The molecular formula is C16H13ClFN5. The fraction of sp³-hybridized carbons (Fsp3) is 0.188. The zero-order chi connectivity index (χ0) is 15.8. The molecule has 2 N–H and O–H groups in total. The third-order valence-corrected chi connectivity index (χ3v) is 4.16. The van der Waals surface area contributed by atoms with Crippen LogP contribution in [-0.4, -0.2) is 28.0 Å². The zero-order valence-corrected chi connectivity index (χ0v) is 12.8. The van der Waals surface area contributed by atoms with Gasteiger partial charge in [-0.05, 0) is 24.3 Å². The van der Waals surface area contributed by atoms with E-state index in [1.165, 1.54) is 24.5 Å². The molecule has 0 atom stereocenters. The summed E-state index contributed by atoms with van der Waals surface area (Å²) in [4.78, 5) is 12.9. The highest BCUT2D eigenvalue weighted by Gasteiger charge is 2.21. The molecule has 1 aliphatic rings. The molecule has 0 saturated carbocycles. The molecule has 2 aromatic heterocycles. The number of hydrogen-bond acceptors (Lipinski definition) is 5. The first-order chi connectivity index (χ1) is 11.2. The lowest BCUT2D eigenvalue weighted by molar-refractivity contribution is 0.440. The van der Waals surface area contributed by atoms with Crippen LogP contribution in [0.15, 0.2) is 36.8 Å². The van der Waals surface area contributed by atoms with Crippen molar-refractivity contribution >= 4 is 34.0 Å². The van der Waals surface area contributed by atoms with Gasteiger partial charge < -0.3 is 10.6 Å². The van der Waals surface area contributed by atoms with Crippen LogP contribution in [0.4, 0.5) is 15.9 Å². The van der Waals surface area contributed by atoms with E-state index in [1.54, 1.807) is 6.20 Å². The van der Waals surface area contributed by atoms with E-state index in [9.17, 15) is 4.39 Å². The molecule has 7 heteroatoms. The Kier molecular flexibility index (Phi) is 3.55. The minimum absolute atomic E-state index is 0.279. The summed E-state index contributed by atoms with van der Waals surface area (Å²) in [6, 6.07) is 6.32. The van der Waals surface area contributed by atoms with Crippen LogP contribution in [0, 0.1) is 5.82 Å². The highest BCUT2D eigenvalue weighted by atomic mass is 35.5. The summed E-state index contributed by atoms with van der Waals surface area (Å²) >= 11 is 5.94. The van der Waals surface area contributed by atoms with E-state index in [2.05, 4.69) is 25.6 Å². The maximum atomic E-state index is 13.9. The molecule has 1 saturated heterocycles. The summed E-state index contributed by atoms with van der Waals surface area (Å²) in [6.45, 7) is 1.83. The Morgan fingerprint density at radius 2 is 2.04 bits per heavy atom. The Hall–Kier alpha value is -2.31. The van der Waals surface area contributed by atoms with Gasteiger partial charge >= 0.3 is 0 Å². The van der Waals surface area contributed by atoms with Crippen molar-refractivity contribution in [2.24, 2.45) is 0 Å². The van der Waals surface area contributed by atoms with Crippen LogP contribution < -0.4 is 10.6 Å². The van der Waals surface area contributed by atoms with Gasteiger partial charge in [0.05, 0.1) is 17.4 Å². The van der Waals surface area contributed by atoms with E-state index in [4.69, 9.17) is 11.6 Å². The van der Waals surface area contributed by atoms with Crippen molar-refractivity contribution in [3.05, 3.63) is 53.3 Å². The van der Waals surface area contributed by atoms with Gasteiger partial charge in [0.2, 0.25) is 0 Å². The molecular weight excluding hydrogens is 317 g/mol. The Balaban J connectivity index is 1.77. The Labute approximate surface area is 136 Å². The van der Waals surface area contributed by atoms with Crippen LogP contribution in [0.25, 0.3) is 10.9 Å². The molecule has 23 heavy (non-hydrogen) atoms. The molecule has 0 spiro atoms. The number of halogens is 2. The molecule has 1 aliphatic heterocycles. The van der Waals surface area contributed by atoms with Crippen molar-refractivity contribution in [1.29, 1.82) is 0 Å². The molecule has 5 nitrogen and oxygen atoms in total. The highest BCUT2D eigenvalue weighted by molar-refractivity contribution is 6.30. The first-order valence-electron chi connectivity index (χ1n) is 7.24. The van der Waals surface area contributed by atoms with Gasteiger partial charge in [0.25, 0.3) is 0 Å². The Morgan fingerprint density at radius 3 is 2.83 bits per heavy atom. The van der Waals surface area contributed by atoms with Crippen LogP contribution in [0.5, 0.6) is 0 Å². The van der Waals surface area contributed by atoms with Gasteiger partial charge in [0.15, 0.2) is 0 Å². The van der Waals surface area contributed by atoms with Gasteiger partial charge in [-0.1, -0.05) is 11.6 Å². The monoisotopic (exact) mass is 329 g/mol. The lowest BCUT2D eigenvalue weighted by Crippen LogP contribution is -2.40. The van der Waals surface area contributed by atoms with Crippen molar-refractivity contribution < 1.29 is 4.39 Å². The van der Waals surface area contributed by atoms with Crippen molar-refractivity contribution in [2.75, 3.05) is 18.4 Å². The van der Waals surface area contributed by atoms with Gasteiger partial charge in [-0.2, -0.15) is 0 Å². The highest BCUT2D eigenvalue weighted by Crippen LogP contribution is 2.28. The SMILES string of the molecule is Fc1ccc(Cl)cc1Nc1ncnc2cnc(C3CNC3)cc12. The summed E-state index contributed by atoms with van der Waals surface area (Å²) in [6.07, 6.45) is 3.16. The predicted molar refractivity (Wildman–Crippen MR) is 87.6 cm³/mol. The standard InChI is InChI=1S/C16H13ClFN5/c17-10-1-2-12(18)14(3-10)23-16-11-4-13(9-5-19-6-9)20-7-15(11)21-8-22-16/h1-4,7-9,19H,5-6H2,(H,21,22,23). The van der Waals surface area contributed by atoms with Crippen LogP contribution in [0.3, 0.4) is 0 Å². The van der Waals surface area contributed by atoms with E-state index in [-0.39, 0.29) is 5.69 Å². The molecule has 4 rings (SSSR count). The summed E-state index contributed by atoms with van der Waals surface area (Å²) in [5.74, 6) is 0.543. The number of nitrogens with zero attached hydrogens (tertiary/aromatic N) is 3. The van der Waals surface area contributed by atoms with Crippen molar-refractivity contribution in [2.45, 2.75) is 5.92 Å². The number of fused-ring (bicyclic) bond motifs is 1. The molecule has 0 bridgehead atoms. The molecule has 1 fully saturated rings. The topological polar surface area (TPSA) is 62.7 Å². The minimum Gasteiger partial charge on any atom is -0.337 e. The van der Waals surface area contributed by atoms with Gasteiger partial charge in [-0.15, -0.1) is 0 Å². The van der Waals surface area contributed by atoms with E-state index < -0.39 is 5.82 Å². The second-order valence-electron chi connectivity index (χ2n) is 5.45. The minimum atomic E-state index is -0.390. The van der Waals surface area contributed by atoms with Crippen LogP contribution >= 0.6 is 11.6 Å². The largest absolute Gasteiger partial charge is 0.337 e. The Bertz CT molecular complexity index is 881. The Morgan fingerprint density at radius 1 is 1.17 bits per heavy atom. The molecule has 116 valence electrons. The molecule has 3 aromatic rings. The normalized spacial score (nSPS) is 14.7. The first kappa shape index (κ1) is 14.3. The molecule has 0 radical (unpaired) electrons. The number of hydrogen-bond donors (Lipinski definition) is 2. The molecule has 0 amide bonds. The molecule has 1 aromatic carbocycles. The average Bonchev–Trinajstić information content (AvgIpc) is 2.50. The van der Waals surface area contributed by atoms with Gasteiger partial charge in [-0.3, -0.25) is 4.98 Å². The van der Waals surface area contributed by atoms with Gasteiger partial charge in [-0.25, -0.2) is 14.4 Å². The van der Waals surface area contributed by atoms with E-state index in [1.807, 2.05) is 6.07 Å². The summed E-state index contributed by atoms with van der Waals surface area (Å²) in [5.41, 5.74) is 1.97. The lowest BCUT2D eigenvalue weighted by Gasteiger charge is -2.26. The van der Waals surface area contributed by atoms with Crippen LogP contribution in [0.2, 0.25) is 5.02 Å². The van der Waals surface area contributed by atoms with E-state index in [0.29, 0.717) is 22.3 Å². The predicted octanol–water partition coefficient (Wildman–Crippen LogP) is 3.25. The third kappa shape index (κ3) is 2.71. The van der Waals surface area contributed by atoms with Crippen molar-refractivity contribution in [3.63, 3.8) is 0 Å². The number of pyridine rings is 1. The molecule has 0 aliphatic carbocycles. The number of rotatable bonds is 3. The lowest BCUT2D eigenvalue weighted by atomic mass is 9.98. The quantitative estimate of drug-likeness (QED) is 0.772. The number of anilines is 2. The average molecular weight is 330 g/mol. The van der Waals surface area contributed by atoms with Gasteiger partial charge in [0.1, 0.15) is 18.0 Å². The zero-order valence-electron chi connectivity index (χ0n) is 12.1. The fourth-order valence-corrected chi connectivity index (χ4v) is 2.69. The van der Waals surface area contributed by atoms with Crippen LogP contribution in [-0.2, 0) is 0 Å². The summed E-state index contributed by atoms with van der Waals surface area (Å²) < 4.78 is 13.9. The van der Waals surface area contributed by atoms with E-state index >= 15 is 0 Å². The second-order valence-corrected chi connectivity index (χ2v) is 5.89. The van der Waals surface area contributed by atoms with Crippen molar-refractivity contribution in [3.8, 4) is 0 Å². The summed E-state index contributed by atoms with van der Waals surface area (Å²) in [7, 11) is 0. The number of benzene rings is 1. The van der Waals surface area contributed by atoms with Crippen LogP contribution in [0.1, 0.15) is 11.6 Å². The molecule has 3 heterocycles. The smallest absolute Gasteiger partial charge is 0.146 e. The third-order valence-electron chi connectivity index (χ3n) is 3.92. The first-order valence-corrected chi connectivity index (χ1v) is 7.62.